The minimum absolute atomic E-state index is 0.360. The van der Waals surface area contributed by atoms with Gasteiger partial charge in [0.15, 0.2) is 0 Å². The van der Waals surface area contributed by atoms with E-state index in [9.17, 15) is 0 Å². The molecular weight excluding hydrogens is 214 g/mol. The Bertz CT molecular complexity index is 315. The van der Waals surface area contributed by atoms with Gasteiger partial charge in [-0.15, -0.1) is 0 Å². The van der Waals surface area contributed by atoms with Crippen LogP contribution in [0.4, 0.5) is 0 Å². The molecule has 1 rings (SSSR count). The fourth-order valence-electron chi connectivity index (χ4n) is 1.86. The lowest BCUT2D eigenvalue weighted by atomic mass is 10.0. The predicted octanol–water partition coefficient (Wildman–Crippen LogP) is 2.77. The van der Waals surface area contributed by atoms with Crippen LogP contribution in [0.15, 0.2) is 24.3 Å². The van der Waals surface area contributed by atoms with Crippen LogP contribution in [0, 0.1) is 0 Å². The molecule has 0 spiro atoms. The lowest BCUT2D eigenvalue weighted by Gasteiger charge is -2.19. The van der Waals surface area contributed by atoms with Crippen LogP contribution in [0.2, 0.25) is 0 Å². The van der Waals surface area contributed by atoms with E-state index in [2.05, 4.69) is 31.3 Å². The first-order valence-electron chi connectivity index (χ1n) is 6.27. The third-order valence-electron chi connectivity index (χ3n) is 2.70. The quantitative estimate of drug-likeness (QED) is 0.705. The van der Waals surface area contributed by atoms with Crippen molar-refractivity contribution in [2.75, 3.05) is 26.9 Å². The van der Waals surface area contributed by atoms with Gasteiger partial charge in [-0.3, -0.25) is 0 Å². The highest BCUT2D eigenvalue weighted by molar-refractivity contribution is 5.35. The largest absolute Gasteiger partial charge is 0.491 e. The highest BCUT2D eigenvalue weighted by Gasteiger charge is 2.12. The normalized spacial score (nSPS) is 12.4. The fourth-order valence-corrected chi connectivity index (χ4v) is 1.86. The van der Waals surface area contributed by atoms with Crippen LogP contribution in [0.25, 0.3) is 0 Å². The molecule has 1 atom stereocenters. The third kappa shape index (κ3) is 4.36. The summed E-state index contributed by atoms with van der Waals surface area (Å²) in [5.74, 6) is 0.956. The topological polar surface area (TPSA) is 30.5 Å². The van der Waals surface area contributed by atoms with E-state index in [0.29, 0.717) is 19.3 Å². The van der Waals surface area contributed by atoms with Crippen LogP contribution >= 0.6 is 0 Å². The number of benzene rings is 1. The molecule has 3 heteroatoms. The van der Waals surface area contributed by atoms with Gasteiger partial charge in [-0.2, -0.15) is 0 Å². The molecule has 1 unspecified atom stereocenters. The Hall–Kier alpha value is -1.06. The average Bonchev–Trinajstić information content (AvgIpc) is 2.37. The standard InChI is InChI=1S/C14H23NO2/c1-4-13(15-5-2)12-8-6-7-9-14(12)17-11-10-16-3/h6-9,13,15H,4-5,10-11H2,1-3H3. The van der Waals surface area contributed by atoms with Gasteiger partial charge in [-0.05, 0) is 19.0 Å². The lowest BCUT2D eigenvalue weighted by molar-refractivity contribution is 0.145. The van der Waals surface area contributed by atoms with Crippen molar-refractivity contribution >= 4 is 0 Å². The summed E-state index contributed by atoms with van der Waals surface area (Å²) in [5.41, 5.74) is 1.23. The molecule has 1 aromatic carbocycles. The van der Waals surface area contributed by atoms with Gasteiger partial charge in [0.2, 0.25) is 0 Å². The number of hydrogen-bond donors (Lipinski definition) is 1. The smallest absolute Gasteiger partial charge is 0.124 e. The summed E-state index contributed by atoms with van der Waals surface area (Å²) in [6.45, 7) is 6.48. The number of nitrogens with one attached hydrogen (secondary N) is 1. The van der Waals surface area contributed by atoms with Gasteiger partial charge in [-0.1, -0.05) is 32.0 Å². The third-order valence-corrected chi connectivity index (χ3v) is 2.70. The van der Waals surface area contributed by atoms with Crippen molar-refractivity contribution < 1.29 is 9.47 Å². The Balaban J connectivity index is 2.74. The maximum atomic E-state index is 5.74. The van der Waals surface area contributed by atoms with Gasteiger partial charge >= 0.3 is 0 Å². The molecule has 0 saturated heterocycles. The molecule has 0 bridgehead atoms. The van der Waals surface area contributed by atoms with E-state index in [4.69, 9.17) is 9.47 Å². The van der Waals surface area contributed by atoms with Gasteiger partial charge < -0.3 is 14.8 Å². The van der Waals surface area contributed by atoms with E-state index in [0.717, 1.165) is 18.7 Å². The molecule has 0 heterocycles. The van der Waals surface area contributed by atoms with E-state index in [1.165, 1.54) is 5.56 Å². The molecule has 0 aliphatic rings. The van der Waals surface area contributed by atoms with Crippen molar-refractivity contribution in [3.8, 4) is 5.75 Å². The van der Waals surface area contributed by atoms with E-state index in [1.807, 2.05) is 12.1 Å². The first-order valence-corrected chi connectivity index (χ1v) is 6.27. The molecule has 0 radical (unpaired) electrons. The van der Waals surface area contributed by atoms with Crippen LogP contribution in [0.3, 0.4) is 0 Å². The summed E-state index contributed by atoms with van der Waals surface area (Å²) < 4.78 is 10.7. The van der Waals surface area contributed by atoms with E-state index >= 15 is 0 Å². The summed E-state index contributed by atoms with van der Waals surface area (Å²) in [7, 11) is 1.68. The summed E-state index contributed by atoms with van der Waals surface area (Å²) in [6, 6.07) is 8.56. The van der Waals surface area contributed by atoms with Crippen LogP contribution in [0.1, 0.15) is 31.9 Å². The zero-order valence-corrected chi connectivity index (χ0v) is 11.0. The molecule has 0 aliphatic heterocycles. The van der Waals surface area contributed by atoms with Gasteiger partial charge in [0.25, 0.3) is 0 Å². The van der Waals surface area contributed by atoms with Crippen molar-refractivity contribution in [1.29, 1.82) is 0 Å². The average molecular weight is 237 g/mol. The second kappa shape index (κ2) is 8.09. The Kier molecular flexibility index (Phi) is 6.67. The Morgan fingerprint density at radius 3 is 2.59 bits per heavy atom. The van der Waals surface area contributed by atoms with E-state index in [-0.39, 0.29) is 0 Å². The SMILES string of the molecule is CCNC(CC)c1ccccc1OCCOC. The molecule has 96 valence electrons. The minimum Gasteiger partial charge on any atom is -0.491 e. The summed E-state index contributed by atoms with van der Waals surface area (Å²) in [4.78, 5) is 0. The van der Waals surface area contributed by atoms with Crippen molar-refractivity contribution in [2.24, 2.45) is 0 Å². The van der Waals surface area contributed by atoms with Crippen molar-refractivity contribution in [1.82, 2.24) is 5.32 Å². The first kappa shape index (κ1) is 14.0. The number of para-hydroxylation sites is 1. The number of ether oxygens (including phenoxy) is 2. The molecule has 1 N–H and O–H groups in total. The molecule has 0 fully saturated rings. The maximum absolute atomic E-state index is 5.74. The summed E-state index contributed by atoms with van der Waals surface area (Å²) >= 11 is 0. The number of hydrogen-bond acceptors (Lipinski definition) is 3. The van der Waals surface area contributed by atoms with Crippen molar-refractivity contribution in [3.05, 3.63) is 29.8 Å². The second-order valence-corrected chi connectivity index (χ2v) is 3.90. The molecule has 0 aliphatic carbocycles. The van der Waals surface area contributed by atoms with Gasteiger partial charge in [0.05, 0.1) is 6.61 Å². The van der Waals surface area contributed by atoms with Crippen molar-refractivity contribution in [3.63, 3.8) is 0 Å². The van der Waals surface area contributed by atoms with Crippen LogP contribution < -0.4 is 10.1 Å². The number of methoxy groups -OCH3 is 1. The molecule has 17 heavy (non-hydrogen) atoms. The van der Waals surface area contributed by atoms with Gasteiger partial charge in [0, 0.05) is 18.7 Å². The monoisotopic (exact) mass is 237 g/mol. The van der Waals surface area contributed by atoms with Gasteiger partial charge in [-0.25, -0.2) is 0 Å². The van der Waals surface area contributed by atoms with E-state index < -0.39 is 0 Å². The molecule has 1 aromatic rings. The second-order valence-electron chi connectivity index (χ2n) is 3.90. The first-order chi connectivity index (χ1) is 8.33. The van der Waals surface area contributed by atoms with Crippen LogP contribution in [-0.4, -0.2) is 26.9 Å². The summed E-state index contributed by atoms with van der Waals surface area (Å²) in [5, 5.41) is 3.47. The van der Waals surface area contributed by atoms with Crippen LogP contribution in [-0.2, 0) is 4.74 Å². The molecule has 0 aromatic heterocycles. The van der Waals surface area contributed by atoms with E-state index in [1.54, 1.807) is 7.11 Å². The van der Waals surface area contributed by atoms with Crippen molar-refractivity contribution in [2.45, 2.75) is 26.3 Å². The molecular formula is C14H23NO2. The molecule has 3 nitrogen and oxygen atoms in total. The van der Waals surface area contributed by atoms with Crippen LogP contribution in [0.5, 0.6) is 5.75 Å². The minimum atomic E-state index is 0.360. The molecule has 0 amide bonds. The predicted molar refractivity (Wildman–Crippen MR) is 70.5 cm³/mol. The fraction of sp³-hybridized carbons (Fsp3) is 0.571. The maximum Gasteiger partial charge on any atom is 0.124 e. The zero-order valence-electron chi connectivity index (χ0n) is 11.0. The molecule has 0 saturated carbocycles. The highest BCUT2D eigenvalue weighted by Crippen LogP contribution is 2.26. The highest BCUT2D eigenvalue weighted by atomic mass is 16.5. The Labute approximate surface area is 104 Å². The van der Waals surface area contributed by atoms with Gasteiger partial charge in [0.1, 0.15) is 12.4 Å². The Morgan fingerprint density at radius 2 is 1.94 bits per heavy atom. The zero-order chi connectivity index (χ0) is 12.5. The number of rotatable bonds is 8. The summed E-state index contributed by atoms with van der Waals surface area (Å²) in [6.07, 6.45) is 1.05. The Morgan fingerprint density at radius 1 is 1.18 bits per heavy atom. The lowest BCUT2D eigenvalue weighted by Crippen LogP contribution is -2.21.